The first-order valence-electron chi connectivity index (χ1n) is 4.40. The SMILES string of the molecule is NC(=O)CCCNC(=O)c1csc(I)c1. The van der Waals surface area contributed by atoms with Gasteiger partial charge in [0.2, 0.25) is 5.91 Å². The van der Waals surface area contributed by atoms with Gasteiger partial charge in [-0.2, -0.15) is 0 Å². The van der Waals surface area contributed by atoms with E-state index in [0.29, 0.717) is 24.9 Å². The van der Waals surface area contributed by atoms with Gasteiger partial charge < -0.3 is 11.1 Å². The summed E-state index contributed by atoms with van der Waals surface area (Å²) in [4.78, 5) is 21.9. The fourth-order valence-electron chi connectivity index (χ4n) is 0.996. The number of nitrogens with one attached hydrogen (secondary N) is 1. The quantitative estimate of drug-likeness (QED) is 0.628. The second-order valence-corrected chi connectivity index (χ2v) is 5.77. The minimum absolute atomic E-state index is 0.0985. The highest BCUT2D eigenvalue weighted by Crippen LogP contribution is 2.16. The molecule has 0 aliphatic carbocycles. The van der Waals surface area contributed by atoms with Crippen LogP contribution >= 0.6 is 33.9 Å². The lowest BCUT2D eigenvalue weighted by molar-refractivity contribution is -0.118. The Balaban J connectivity index is 2.28. The number of thiophene rings is 1. The van der Waals surface area contributed by atoms with Gasteiger partial charge in [-0.3, -0.25) is 9.59 Å². The Morgan fingerprint density at radius 3 is 2.80 bits per heavy atom. The number of carbonyl (C=O) groups is 2. The average Bonchev–Trinajstić information content (AvgIpc) is 2.59. The molecule has 3 N–H and O–H groups in total. The van der Waals surface area contributed by atoms with Crippen molar-refractivity contribution in [2.24, 2.45) is 5.73 Å². The number of hydrogen-bond donors (Lipinski definition) is 2. The van der Waals surface area contributed by atoms with Gasteiger partial charge >= 0.3 is 0 Å². The Kier molecular flexibility index (Phi) is 5.03. The summed E-state index contributed by atoms with van der Waals surface area (Å²) in [5, 5.41) is 4.53. The van der Waals surface area contributed by atoms with Crippen molar-refractivity contribution in [3.05, 3.63) is 19.9 Å². The molecule has 0 unspecified atom stereocenters. The Morgan fingerprint density at radius 2 is 2.27 bits per heavy atom. The van der Waals surface area contributed by atoms with Crippen LogP contribution in [-0.2, 0) is 4.79 Å². The van der Waals surface area contributed by atoms with Gasteiger partial charge in [0.1, 0.15) is 0 Å². The normalized spacial score (nSPS) is 9.93. The van der Waals surface area contributed by atoms with Crippen molar-refractivity contribution < 1.29 is 9.59 Å². The molecule has 6 heteroatoms. The van der Waals surface area contributed by atoms with Gasteiger partial charge in [0.25, 0.3) is 5.91 Å². The maximum Gasteiger partial charge on any atom is 0.252 e. The summed E-state index contributed by atoms with van der Waals surface area (Å²) in [6, 6.07) is 1.83. The van der Waals surface area contributed by atoms with Crippen molar-refractivity contribution >= 4 is 45.7 Å². The zero-order valence-corrected chi connectivity index (χ0v) is 10.9. The number of primary amides is 1. The van der Waals surface area contributed by atoms with Gasteiger partial charge in [-0.15, -0.1) is 11.3 Å². The molecular weight excluding hydrogens is 327 g/mol. The third kappa shape index (κ3) is 4.61. The molecule has 0 aliphatic rings. The zero-order chi connectivity index (χ0) is 11.3. The predicted octanol–water partition coefficient (Wildman–Crippen LogP) is 1.35. The molecular formula is C9H11IN2O2S. The first-order chi connectivity index (χ1) is 7.09. The van der Waals surface area contributed by atoms with Crippen molar-refractivity contribution in [2.75, 3.05) is 6.54 Å². The number of carbonyl (C=O) groups excluding carboxylic acids is 2. The van der Waals surface area contributed by atoms with E-state index >= 15 is 0 Å². The summed E-state index contributed by atoms with van der Waals surface area (Å²) >= 11 is 3.69. The average molecular weight is 338 g/mol. The third-order valence-electron chi connectivity index (χ3n) is 1.72. The highest BCUT2D eigenvalue weighted by Gasteiger charge is 2.06. The molecule has 1 rings (SSSR count). The van der Waals surface area contributed by atoms with E-state index < -0.39 is 0 Å². The smallest absolute Gasteiger partial charge is 0.252 e. The van der Waals surface area contributed by atoms with Gasteiger partial charge in [0, 0.05) is 18.3 Å². The molecule has 0 bridgehead atoms. The van der Waals surface area contributed by atoms with Crippen LogP contribution in [0, 0.1) is 2.88 Å². The molecule has 1 aromatic heterocycles. The van der Waals surface area contributed by atoms with Crippen LogP contribution in [0.2, 0.25) is 0 Å². The number of halogens is 1. The summed E-state index contributed by atoms with van der Waals surface area (Å²) < 4.78 is 1.08. The molecule has 0 saturated carbocycles. The van der Waals surface area contributed by atoms with E-state index in [0.717, 1.165) is 2.88 Å². The van der Waals surface area contributed by atoms with Gasteiger partial charge in [-0.05, 0) is 35.1 Å². The molecule has 0 aliphatic heterocycles. The molecule has 15 heavy (non-hydrogen) atoms. The van der Waals surface area contributed by atoms with E-state index in [1.54, 1.807) is 0 Å². The van der Waals surface area contributed by atoms with E-state index in [9.17, 15) is 9.59 Å². The van der Waals surface area contributed by atoms with Crippen LogP contribution in [0.15, 0.2) is 11.4 Å². The summed E-state index contributed by atoms with van der Waals surface area (Å²) in [6.45, 7) is 0.480. The Labute approximate surface area is 105 Å². The summed E-state index contributed by atoms with van der Waals surface area (Å²) in [7, 11) is 0. The minimum atomic E-state index is -0.339. The molecule has 0 saturated heterocycles. The largest absolute Gasteiger partial charge is 0.370 e. The monoisotopic (exact) mass is 338 g/mol. The Morgan fingerprint density at radius 1 is 1.53 bits per heavy atom. The maximum absolute atomic E-state index is 11.5. The van der Waals surface area contributed by atoms with E-state index in [2.05, 4.69) is 27.9 Å². The number of rotatable bonds is 5. The number of amides is 2. The lowest BCUT2D eigenvalue weighted by Gasteiger charge is -2.01. The second kappa shape index (κ2) is 6.06. The summed E-state index contributed by atoms with van der Waals surface area (Å²) in [6.07, 6.45) is 0.893. The van der Waals surface area contributed by atoms with Gasteiger partial charge in [-0.1, -0.05) is 0 Å². The highest BCUT2D eigenvalue weighted by molar-refractivity contribution is 14.1. The molecule has 0 aromatic carbocycles. The lowest BCUT2D eigenvalue weighted by Crippen LogP contribution is -2.25. The van der Waals surface area contributed by atoms with Crippen LogP contribution in [0.4, 0.5) is 0 Å². The Bertz CT molecular complexity index is 365. The number of nitrogens with two attached hydrogens (primary N) is 1. The fraction of sp³-hybridized carbons (Fsp3) is 0.333. The molecule has 0 atom stereocenters. The fourth-order valence-corrected chi connectivity index (χ4v) is 2.32. The van der Waals surface area contributed by atoms with E-state index in [1.165, 1.54) is 11.3 Å². The zero-order valence-electron chi connectivity index (χ0n) is 7.96. The molecule has 1 heterocycles. The first-order valence-corrected chi connectivity index (χ1v) is 6.36. The van der Waals surface area contributed by atoms with Crippen molar-refractivity contribution in [3.63, 3.8) is 0 Å². The van der Waals surface area contributed by atoms with Crippen LogP contribution in [0.25, 0.3) is 0 Å². The molecule has 0 radical (unpaired) electrons. The molecule has 2 amide bonds. The van der Waals surface area contributed by atoms with Crippen molar-refractivity contribution in [1.29, 1.82) is 0 Å². The van der Waals surface area contributed by atoms with Crippen LogP contribution < -0.4 is 11.1 Å². The van der Waals surface area contributed by atoms with E-state index in [4.69, 9.17) is 5.73 Å². The summed E-state index contributed by atoms with van der Waals surface area (Å²) in [5.74, 6) is -0.437. The first kappa shape index (κ1) is 12.4. The summed E-state index contributed by atoms with van der Waals surface area (Å²) in [5.41, 5.74) is 5.64. The van der Waals surface area contributed by atoms with Crippen molar-refractivity contribution in [3.8, 4) is 0 Å². The van der Waals surface area contributed by atoms with E-state index in [1.807, 2.05) is 11.4 Å². The van der Waals surface area contributed by atoms with Crippen LogP contribution in [-0.4, -0.2) is 18.4 Å². The van der Waals surface area contributed by atoms with Gasteiger partial charge in [0.05, 0.1) is 8.45 Å². The second-order valence-electron chi connectivity index (χ2n) is 2.97. The molecule has 4 nitrogen and oxygen atoms in total. The third-order valence-corrected chi connectivity index (χ3v) is 3.50. The van der Waals surface area contributed by atoms with Crippen molar-refractivity contribution in [1.82, 2.24) is 5.32 Å². The maximum atomic E-state index is 11.5. The highest BCUT2D eigenvalue weighted by atomic mass is 127. The van der Waals surface area contributed by atoms with Gasteiger partial charge in [0.15, 0.2) is 0 Å². The van der Waals surface area contributed by atoms with Crippen LogP contribution in [0.3, 0.4) is 0 Å². The molecule has 0 spiro atoms. The Hall–Kier alpha value is -0.630. The topological polar surface area (TPSA) is 72.2 Å². The number of hydrogen-bond acceptors (Lipinski definition) is 3. The standard InChI is InChI=1S/C9H11IN2O2S/c10-7-4-6(5-15-7)9(14)12-3-1-2-8(11)13/h4-5H,1-3H2,(H2,11,13)(H,12,14). The minimum Gasteiger partial charge on any atom is -0.370 e. The lowest BCUT2D eigenvalue weighted by atomic mass is 10.3. The van der Waals surface area contributed by atoms with E-state index in [-0.39, 0.29) is 11.8 Å². The van der Waals surface area contributed by atoms with Gasteiger partial charge in [-0.25, -0.2) is 0 Å². The predicted molar refractivity (Wildman–Crippen MR) is 67.8 cm³/mol. The molecule has 0 fully saturated rings. The molecule has 1 aromatic rings. The molecule has 82 valence electrons. The van der Waals surface area contributed by atoms with Crippen molar-refractivity contribution in [2.45, 2.75) is 12.8 Å². The van der Waals surface area contributed by atoms with Crippen LogP contribution in [0.5, 0.6) is 0 Å². The van der Waals surface area contributed by atoms with Crippen LogP contribution in [0.1, 0.15) is 23.2 Å².